The molecule has 72 valence electrons. The van der Waals surface area contributed by atoms with Crippen LogP contribution >= 0.6 is 0 Å². The Hall–Kier alpha value is -1.18. The Morgan fingerprint density at radius 2 is 1.77 bits per heavy atom. The molecule has 0 spiro atoms. The maximum absolute atomic E-state index is 5.61. The van der Waals surface area contributed by atoms with Gasteiger partial charge >= 0.3 is 0 Å². The summed E-state index contributed by atoms with van der Waals surface area (Å²) in [6, 6.07) is 5.82. The number of rotatable bonds is 3. The van der Waals surface area contributed by atoms with Gasteiger partial charge in [-0.15, -0.1) is 0 Å². The highest BCUT2D eigenvalue weighted by molar-refractivity contribution is 5.43. The molecule has 0 saturated carbocycles. The average Bonchev–Trinajstić information content (AvgIpc) is 2.08. The minimum absolute atomic E-state index is 0.200. The van der Waals surface area contributed by atoms with Gasteiger partial charge in [0.15, 0.2) is 0 Å². The molecule has 0 heterocycles. The monoisotopic (exact) mass is 180 g/mol. The van der Waals surface area contributed by atoms with E-state index in [1.807, 2.05) is 39.0 Å². The summed E-state index contributed by atoms with van der Waals surface area (Å²) in [5, 5.41) is 0. The second-order valence-corrected chi connectivity index (χ2v) is 3.25. The number of hydrogen-bond donors (Lipinski definition) is 0. The zero-order chi connectivity index (χ0) is 9.84. The average molecular weight is 180 g/mol. The molecule has 0 aliphatic heterocycles. The van der Waals surface area contributed by atoms with Crippen molar-refractivity contribution in [1.82, 2.24) is 0 Å². The van der Waals surface area contributed by atoms with E-state index < -0.39 is 0 Å². The minimum atomic E-state index is 0.200. The molecule has 2 heteroatoms. The first-order chi connectivity index (χ1) is 6.15. The molecule has 0 saturated heterocycles. The molecule has 1 aromatic rings. The lowest BCUT2D eigenvalue weighted by molar-refractivity contribution is 0.239. The van der Waals surface area contributed by atoms with Gasteiger partial charge < -0.3 is 9.47 Å². The van der Waals surface area contributed by atoms with Gasteiger partial charge in [0.2, 0.25) is 0 Å². The Kier molecular flexibility index (Phi) is 3.18. The molecule has 0 aromatic heterocycles. The molecule has 1 aromatic carbocycles. The number of ether oxygens (including phenoxy) is 2. The molecule has 1 rings (SSSR count). The molecule has 0 aliphatic carbocycles. The van der Waals surface area contributed by atoms with Crippen molar-refractivity contribution < 1.29 is 9.47 Å². The van der Waals surface area contributed by atoms with Gasteiger partial charge in [0.1, 0.15) is 11.5 Å². The van der Waals surface area contributed by atoms with Crippen LogP contribution in [0.5, 0.6) is 11.5 Å². The molecule has 0 fully saturated rings. The first-order valence-corrected chi connectivity index (χ1v) is 4.45. The third kappa shape index (κ3) is 2.38. The van der Waals surface area contributed by atoms with E-state index in [1.165, 1.54) is 0 Å². The largest absolute Gasteiger partial charge is 0.496 e. The number of hydrogen-bond acceptors (Lipinski definition) is 2. The third-order valence-electron chi connectivity index (χ3n) is 1.82. The fourth-order valence-corrected chi connectivity index (χ4v) is 1.20. The van der Waals surface area contributed by atoms with Crippen molar-refractivity contribution in [3.63, 3.8) is 0 Å². The van der Waals surface area contributed by atoms with Crippen molar-refractivity contribution in [2.24, 2.45) is 0 Å². The standard InChI is InChI=1S/C11H16O2/c1-8(2)13-11-7-5-6-10(12-4)9(11)3/h5-8H,1-4H3. The van der Waals surface area contributed by atoms with Crippen molar-refractivity contribution in [2.45, 2.75) is 26.9 Å². The summed E-state index contributed by atoms with van der Waals surface area (Å²) < 4.78 is 10.8. The van der Waals surface area contributed by atoms with E-state index in [-0.39, 0.29) is 6.10 Å². The lowest BCUT2D eigenvalue weighted by Crippen LogP contribution is -2.06. The van der Waals surface area contributed by atoms with Gasteiger partial charge in [-0.3, -0.25) is 0 Å². The van der Waals surface area contributed by atoms with Gasteiger partial charge in [-0.05, 0) is 32.9 Å². The van der Waals surface area contributed by atoms with Crippen LogP contribution < -0.4 is 9.47 Å². The maximum atomic E-state index is 5.61. The summed E-state index contributed by atoms with van der Waals surface area (Å²) in [6.07, 6.45) is 0.200. The van der Waals surface area contributed by atoms with E-state index in [0.29, 0.717) is 0 Å². The molecule has 0 atom stereocenters. The van der Waals surface area contributed by atoms with Gasteiger partial charge in [0.25, 0.3) is 0 Å². The second-order valence-electron chi connectivity index (χ2n) is 3.25. The van der Waals surface area contributed by atoms with Crippen LogP contribution in [0.2, 0.25) is 0 Å². The van der Waals surface area contributed by atoms with E-state index in [2.05, 4.69) is 0 Å². The fraction of sp³-hybridized carbons (Fsp3) is 0.455. The molecular formula is C11H16O2. The maximum Gasteiger partial charge on any atom is 0.126 e. The molecule has 0 unspecified atom stereocenters. The second kappa shape index (κ2) is 4.17. The Bertz CT molecular complexity index is 279. The summed E-state index contributed by atoms with van der Waals surface area (Å²) in [7, 11) is 1.67. The molecule has 0 bridgehead atoms. The van der Waals surface area contributed by atoms with Crippen molar-refractivity contribution in [1.29, 1.82) is 0 Å². The van der Waals surface area contributed by atoms with Gasteiger partial charge in [-0.25, -0.2) is 0 Å². The van der Waals surface area contributed by atoms with Gasteiger partial charge in [0.05, 0.1) is 13.2 Å². The zero-order valence-corrected chi connectivity index (χ0v) is 8.63. The Labute approximate surface area is 79.5 Å². The Morgan fingerprint density at radius 3 is 2.31 bits per heavy atom. The molecule has 0 radical (unpaired) electrons. The van der Waals surface area contributed by atoms with E-state index in [4.69, 9.17) is 9.47 Å². The highest BCUT2D eigenvalue weighted by Gasteiger charge is 2.05. The van der Waals surface area contributed by atoms with E-state index in [0.717, 1.165) is 17.1 Å². The first-order valence-electron chi connectivity index (χ1n) is 4.45. The molecular weight excluding hydrogens is 164 g/mol. The van der Waals surface area contributed by atoms with Crippen LogP contribution in [0.1, 0.15) is 19.4 Å². The predicted molar refractivity (Wildman–Crippen MR) is 53.5 cm³/mol. The van der Waals surface area contributed by atoms with Gasteiger partial charge in [0, 0.05) is 5.56 Å². The van der Waals surface area contributed by atoms with Crippen LogP contribution in [-0.4, -0.2) is 13.2 Å². The van der Waals surface area contributed by atoms with E-state index in [1.54, 1.807) is 7.11 Å². The zero-order valence-electron chi connectivity index (χ0n) is 8.63. The molecule has 13 heavy (non-hydrogen) atoms. The quantitative estimate of drug-likeness (QED) is 0.712. The van der Waals surface area contributed by atoms with Crippen LogP contribution in [0.3, 0.4) is 0 Å². The highest BCUT2D eigenvalue weighted by Crippen LogP contribution is 2.27. The normalized spacial score (nSPS) is 10.2. The van der Waals surface area contributed by atoms with Crippen LogP contribution in [0.15, 0.2) is 18.2 Å². The molecule has 0 N–H and O–H groups in total. The van der Waals surface area contributed by atoms with Gasteiger partial charge in [-0.1, -0.05) is 6.07 Å². The minimum Gasteiger partial charge on any atom is -0.496 e. The Balaban J connectivity index is 2.94. The van der Waals surface area contributed by atoms with E-state index in [9.17, 15) is 0 Å². The van der Waals surface area contributed by atoms with Crippen LogP contribution in [-0.2, 0) is 0 Å². The summed E-state index contributed by atoms with van der Waals surface area (Å²) in [5.41, 5.74) is 1.05. The van der Waals surface area contributed by atoms with Crippen molar-refractivity contribution in [3.8, 4) is 11.5 Å². The van der Waals surface area contributed by atoms with Crippen LogP contribution in [0.4, 0.5) is 0 Å². The summed E-state index contributed by atoms with van der Waals surface area (Å²) in [4.78, 5) is 0. The topological polar surface area (TPSA) is 18.5 Å². The molecule has 2 nitrogen and oxygen atoms in total. The summed E-state index contributed by atoms with van der Waals surface area (Å²) in [6.45, 7) is 6.02. The SMILES string of the molecule is COc1cccc(OC(C)C)c1C. The number of benzene rings is 1. The summed E-state index contributed by atoms with van der Waals surface area (Å²) >= 11 is 0. The third-order valence-corrected chi connectivity index (χ3v) is 1.82. The van der Waals surface area contributed by atoms with Crippen LogP contribution in [0.25, 0.3) is 0 Å². The number of methoxy groups -OCH3 is 1. The summed E-state index contributed by atoms with van der Waals surface area (Å²) in [5.74, 6) is 1.77. The van der Waals surface area contributed by atoms with Crippen LogP contribution in [0, 0.1) is 6.92 Å². The van der Waals surface area contributed by atoms with Crippen molar-refractivity contribution >= 4 is 0 Å². The molecule has 0 amide bonds. The lowest BCUT2D eigenvalue weighted by Gasteiger charge is -2.14. The predicted octanol–water partition coefficient (Wildman–Crippen LogP) is 2.79. The lowest BCUT2D eigenvalue weighted by atomic mass is 10.2. The fourth-order valence-electron chi connectivity index (χ4n) is 1.20. The van der Waals surface area contributed by atoms with Crippen molar-refractivity contribution in [3.05, 3.63) is 23.8 Å². The smallest absolute Gasteiger partial charge is 0.126 e. The highest BCUT2D eigenvalue weighted by atomic mass is 16.5. The van der Waals surface area contributed by atoms with E-state index >= 15 is 0 Å². The first kappa shape index (κ1) is 9.90. The van der Waals surface area contributed by atoms with Gasteiger partial charge in [-0.2, -0.15) is 0 Å². The Morgan fingerprint density at radius 1 is 1.15 bits per heavy atom. The molecule has 0 aliphatic rings. The van der Waals surface area contributed by atoms with Crippen molar-refractivity contribution in [2.75, 3.05) is 7.11 Å².